The predicted molar refractivity (Wildman–Crippen MR) is 106 cm³/mol. The van der Waals surface area contributed by atoms with Crippen LogP contribution in [0.2, 0.25) is 10.0 Å². The van der Waals surface area contributed by atoms with Crippen LogP contribution in [0, 0.1) is 0 Å². The molecule has 3 rings (SSSR count). The molecule has 27 heavy (non-hydrogen) atoms. The molecule has 0 saturated heterocycles. The maximum absolute atomic E-state index is 12.4. The van der Waals surface area contributed by atoms with Crippen molar-refractivity contribution in [2.45, 2.75) is 0 Å². The summed E-state index contributed by atoms with van der Waals surface area (Å²) >= 11 is 11.9. The van der Waals surface area contributed by atoms with Crippen molar-refractivity contribution in [2.75, 3.05) is 5.32 Å². The largest absolute Gasteiger partial charge is 0.322 e. The van der Waals surface area contributed by atoms with Crippen molar-refractivity contribution in [3.8, 4) is 11.1 Å². The number of amides is 2. The van der Waals surface area contributed by atoms with Gasteiger partial charge in [-0.1, -0.05) is 47.5 Å². The molecule has 0 heterocycles. The van der Waals surface area contributed by atoms with Crippen molar-refractivity contribution in [3.05, 3.63) is 87.9 Å². The Morgan fingerprint density at radius 1 is 0.815 bits per heavy atom. The third-order valence-electron chi connectivity index (χ3n) is 3.88. The summed E-state index contributed by atoms with van der Waals surface area (Å²) in [6.45, 7) is 0. The van der Waals surface area contributed by atoms with Gasteiger partial charge in [-0.25, -0.2) is 5.48 Å². The molecule has 0 aliphatic heterocycles. The maximum Gasteiger partial charge on any atom is 0.274 e. The lowest BCUT2D eigenvalue weighted by Crippen LogP contribution is -2.18. The third-order valence-corrected chi connectivity index (χ3v) is 4.43. The zero-order valence-corrected chi connectivity index (χ0v) is 15.4. The molecular weight excluding hydrogens is 387 g/mol. The normalized spacial score (nSPS) is 10.3. The third kappa shape index (κ3) is 4.46. The summed E-state index contributed by atoms with van der Waals surface area (Å²) in [5.74, 6) is -0.925. The van der Waals surface area contributed by atoms with Crippen LogP contribution in [-0.4, -0.2) is 17.0 Å². The lowest BCUT2D eigenvalue weighted by atomic mass is 10.0. The van der Waals surface area contributed by atoms with Crippen molar-refractivity contribution >= 4 is 40.7 Å². The number of halogens is 2. The molecule has 0 atom stereocenters. The average molecular weight is 401 g/mol. The van der Waals surface area contributed by atoms with Crippen molar-refractivity contribution in [1.29, 1.82) is 0 Å². The van der Waals surface area contributed by atoms with Crippen molar-refractivity contribution in [3.63, 3.8) is 0 Å². The fourth-order valence-electron chi connectivity index (χ4n) is 2.53. The Morgan fingerprint density at radius 2 is 1.56 bits per heavy atom. The molecule has 0 aromatic heterocycles. The van der Waals surface area contributed by atoms with E-state index in [2.05, 4.69) is 5.32 Å². The van der Waals surface area contributed by atoms with Crippen LogP contribution >= 0.6 is 23.2 Å². The summed E-state index contributed by atoms with van der Waals surface area (Å²) in [5.41, 5.74) is 4.55. The van der Waals surface area contributed by atoms with E-state index in [9.17, 15) is 9.59 Å². The van der Waals surface area contributed by atoms with Crippen LogP contribution in [0.5, 0.6) is 0 Å². The van der Waals surface area contributed by atoms with E-state index in [1.165, 1.54) is 6.07 Å². The zero-order valence-electron chi connectivity index (χ0n) is 13.9. The Labute approximate surface area is 165 Å². The van der Waals surface area contributed by atoms with E-state index < -0.39 is 5.91 Å². The van der Waals surface area contributed by atoms with Gasteiger partial charge in [0.15, 0.2) is 0 Å². The number of rotatable bonds is 4. The zero-order chi connectivity index (χ0) is 19.4. The molecule has 3 aromatic rings. The highest BCUT2D eigenvalue weighted by molar-refractivity contribution is 6.37. The lowest BCUT2D eigenvalue weighted by Gasteiger charge is -2.09. The van der Waals surface area contributed by atoms with Gasteiger partial charge in [0, 0.05) is 16.3 Å². The van der Waals surface area contributed by atoms with Gasteiger partial charge in [-0.05, 0) is 53.6 Å². The number of anilines is 1. The molecule has 7 heteroatoms. The Balaban J connectivity index is 1.81. The average Bonchev–Trinajstić information content (AvgIpc) is 2.67. The van der Waals surface area contributed by atoms with E-state index >= 15 is 0 Å². The topological polar surface area (TPSA) is 78.4 Å². The number of carbonyl (C=O) groups is 2. The molecule has 0 unspecified atom stereocenters. The van der Waals surface area contributed by atoms with Crippen LogP contribution in [0.15, 0.2) is 66.7 Å². The number of hydroxylamine groups is 1. The Hall–Kier alpha value is -2.86. The summed E-state index contributed by atoms with van der Waals surface area (Å²) < 4.78 is 0. The van der Waals surface area contributed by atoms with Gasteiger partial charge in [-0.2, -0.15) is 0 Å². The van der Waals surface area contributed by atoms with E-state index in [-0.39, 0.29) is 10.9 Å². The second-order valence-electron chi connectivity index (χ2n) is 5.68. The monoisotopic (exact) mass is 400 g/mol. The summed E-state index contributed by atoms with van der Waals surface area (Å²) in [7, 11) is 0. The number of carbonyl (C=O) groups excluding carboxylic acids is 2. The van der Waals surface area contributed by atoms with Gasteiger partial charge in [0.1, 0.15) is 0 Å². The second-order valence-corrected chi connectivity index (χ2v) is 6.52. The number of hydrogen-bond donors (Lipinski definition) is 3. The standard InChI is InChI=1S/C20H14Cl2N2O3/c21-15-8-9-17(18(22)11-15)20(26)23-16-3-1-2-14(10-16)12-4-6-13(7-5-12)19(25)24-27/h1-11,27H,(H,23,26)(H,24,25). The van der Waals surface area contributed by atoms with Gasteiger partial charge >= 0.3 is 0 Å². The van der Waals surface area contributed by atoms with Crippen LogP contribution in [0.1, 0.15) is 20.7 Å². The van der Waals surface area contributed by atoms with Gasteiger partial charge in [0.2, 0.25) is 0 Å². The molecule has 136 valence electrons. The molecule has 0 saturated carbocycles. The van der Waals surface area contributed by atoms with Gasteiger partial charge in [0.25, 0.3) is 11.8 Å². The first-order valence-electron chi connectivity index (χ1n) is 7.89. The summed E-state index contributed by atoms with van der Waals surface area (Å²) in [5, 5.41) is 12.2. The molecular formula is C20H14Cl2N2O3. The quantitative estimate of drug-likeness (QED) is 0.424. The summed E-state index contributed by atoms with van der Waals surface area (Å²) in [4.78, 5) is 23.8. The molecule has 3 aromatic carbocycles. The fraction of sp³-hybridized carbons (Fsp3) is 0. The summed E-state index contributed by atoms with van der Waals surface area (Å²) in [6.07, 6.45) is 0. The van der Waals surface area contributed by atoms with Gasteiger partial charge in [-0.15, -0.1) is 0 Å². The molecule has 0 aliphatic rings. The minimum atomic E-state index is -0.581. The number of hydrogen-bond acceptors (Lipinski definition) is 3. The van der Waals surface area contributed by atoms with Crippen molar-refractivity contribution in [1.82, 2.24) is 5.48 Å². The molecule has 0 radical (unpaired) electrons. The number of benzene rings is 3. The van der Waals surface area contributed by atoms with E-state index in [1.54, 1.807) is 47.9 Å². The van der Waals surface area contributed by atoms with Crippen LogP contribution in [0.4, 0.5) is 5.69 Å². The first-order chi connectivity index (χ1) is 13.0. The first kappa shape index (κ1) is 18.9. The van der Waals surface area contributed by atoms with Crippen LogP contribution in [-0.2, 0) is 0 Å². The summed E-state index contributed by atoms with van der Waals surface area (Å²) in [6, 6.07) is 18.6. The molecule has 0 spiro atoms. The molecule has 0 bridgehead atoms. The SMILES string of the molecule is O=C(NO)c1ccc(-c2cccc(NC(=O)c3ccc(Cl)cc3Cl)c2)cc1. The molecule has 5 nitrogen and oxygen atoms in total. The van der Waals surface area contributed by atoms with Crippen LogP contribution in [0.3, 0.4) is 0 Å². The fourth-order valence-corrected chi connectivity index (χ4v) is 3.02. The van der Waals surface area contributed by atoms with Gasteiger partial charge < -0.3 is 5.32 Å². The van der Waals surface area contributed by atoms with E-state index in [0.717, 1.165) is 11.1 Å². The minimum Gasteiger partial charge on any atom is -0.322 e. The molecule has 2 amide bonds. The lowest BCUT2D eigenvalue weighted by molar-refractivity contribution is 0.0706. The highest BCUT2D eigenvalue weighted by Crippen LogP contribution is 2.25. The highest BCUT2D eigenvalue weighted by Gasteiger charge is 2.11. The van der Waals surface area contributed by atoms with E-state index in [4.69, 9.17) is 28.4 Å². The predicted octanol–water partition coefficient (Wildman–Crippen LogP) is 5.03. The smallest absolute Gasteiger partial charge is 0.274 e. The van der Waals surface area contributed by atoms with Gasteiger partial charge in [0.05, 0.1) is 10.6 Å². The Kier molecular flexibility index (Phi) is 5.76. The molecule has 0 fully saturated rings. The van der Waals surface area contributed by atoms with Gasteiger partial charge in [-0.3, -0.25) is 14.8 Å². The molecule has 3 N–H and O–H groups in total. The first-order valence-corrected chi connectivity index (χ1v) is 8.65. The van der Waals surface area contributed by atoms with Crippen LogP contribution in [0.25, 0.3) is 11.1 Å². The van der Waals surface area contributed by atoms with Crippen LogP contribution < -0.4 is 10.8 Å². The maximum atomic E-state index is 12.4. The van der Waals surface area contributed by atoms with E-state index in [0.29, 0.717) is 21.8 Å². The van der Waals surface area contributed by atoms with E-state index in [1.807, 2.05) is 18.2 Å². The molecule has 0 aliphatic carbocycles. The Bertz CT molecular complexity index is 1000. The minimum absolute atomic E-state index is 0.272. The number of nitrogens with one attached hydrogen (secondary N) is 2. The second kappa shape index (κ2) is 8.22. The van der Waals surface area contributed by atoms with Crippen molar-refractivity contribution in [2.24, 2.45) is 0 Å². The Morgan fingerprint density at radius 3 is 2.22 bits per heavy atom. The van der Waals surface area contributed by atoms with Crippen molar-refractivity contribution < 1.29 is 14.8 Å². The highest BCUT2D eigenvalue weighted by atomic mass is 35.5.